The number of amidine groups is 1. The number of nitrogens with zero attached hydrogens (tertiary/aromatic N) is 1. The van der Waals surface area contributed by atoms with E-state index in [-0.39, 0.29) is 12.1 Å². The van der Waals surface area contributed by atoms with Crippen molar-refractivity contribution in [1.82, 2.24) is 4.90 Å². The molecule has 58 valence electrons. The molecule has 0 aromatic rings. The molecule has 0 aliphatic heterocycles. The van der Waals surface area contributed by atoms with E-state index >= 15 is 0 Å². The van der Waals surface area contributed by atoms with Crippen molar-refractivity contribution in [2.24, 2.45) is 0 Å². The van der Waals surface area contributed by atoms with E-state index in [1.54, 1.807) is 25.1 Å². The quantitative estimate of drug-likeness (QED) is 0.356. The lowest BCUT2D eigenvalue weighted by molar-refractivity contribution is 0.214. The van der Waals surface area contributed by atoms with Crippen molar-refractivity contribution in [2.75, 3.05) is 14.1 Å². The smallest absolute Gasteiger partial charge is 0.284 e. The zero-order valence-corrected chi connectivity index (χ0v) is 6.72. The van der Waals surface area contributed by atoms with Crippen LogP contribution in [0.25, 0.3) is 0 Å². The van der Waals surface area contributed by atoms with Crippen LogP contribution >= 0.6 is 0 Å². The Balaban J connectivity index is 3.68. The molecular formula is C7H14N2O. The molecule has 0 amide bonds. The molecule has 0 fully saturated rings. The molecule has 0 aliphatic rings. The highest BCUT2D eigenvalue weighted by atomic mass is 16.5. The summed E-state index contributed by atoms with van der Waals surface area (Å²) >= 11 is 0. The van der Waals surface area contributed by atoms with Crippen LogP contribution < -0.4 is 0 Å². The summed E-state index contributed by atoms with van der Waals surface area (Å²) < 4.78 is 5.05. The van der Waals surface area contributed by atoms with Gasteiger partial charge in [-0.1, -0.05) is 12.7 Å². The molecule has 0 bridgehead atoms. The number of ether oxygens (including phenoxy) is 1. The van der Waals surface area contributed by atoms with Gasteiger partial charge in [0.2, 0.25) is 0 Å². The third-order valence-corrected chi connectivity index (χ3v) is 1.04. The average molecular weight is 142 g/mol. The van der Waals surface area contributed by atoms with Gasteiger partial charge in [0.15, 0.2) is 0 Å². The second kappa shape index (κ2) is 3.93. The van der Waals surface area contributed by atoms with Gasteiger partial charge in [-0.25, -0.2) is 0 Å². The lowest BCUT2D eigenvalue weighted by atomic mass is 10.4. The standard InChI is InChI=1S/C7H14N2O/c1-5-6(2)10-7(8)9(3)4/h5-6,8H,1H2,2-4H3. The molecule has 0 saturated heterocycles. The van der Waals surface area contributed by atoms with Crippen molar-refractivity contribution in [1.29, 1.82) is 5.41 Å². The lowest BCUT2D eigenvalue weighted by Crippen LogP contribution is -2.26. The summed E-state index contributed by atoms with van der Waals surface area (Å²) in [6, 6.07) is 0.160. The second-order valence-corrected chi connectivity index (χ2v) is 2.26. The van der Waals surface area contributed by atoms with Gasteiger partial charge in [-0.2, -0.15) is 0 Å². The highest BCUT2D eigenvalue weighted by Crippen LogP contribution is 1.93. The first kappa shape index (κ1) is 9.01. The molecule has 0 aromatic heterocycles. The minimum absolute atomic E-state index is 0.0881. The maximum Gasteiger partial charge on any atom is 0.284 e. The molecule has 0 aromatic carbocycles. The van der Waals surface area contributed by atoms with Crippen LogP contribution in [-0.2, 0) is 4.74 Å². The molecule has 3 nitrogen and oxygen atoms in total. The van der Waals surface area contributed by atoms with Crippen LogP contribution in [0.15, 0.2) is 12.7 Å². The maximum absolute atomic E-state index is 7.23. The van der Waals surface area contributed by atoms with Crippen LogP contribution in [-0.4, -0.2) is 31.1 Å². The molecule has 0 aliphatic carbocycles. The predicted octanol–water partition coefficient (Wildman–Crippen LogP) is 1.07. The molecule has 0 radical (unpaired) electrons. The van der Waals surface area contributed by atoms with Crippen molar-refractivity contribution in [2.45, 2.75) is 13.0 Å². The summed E-state index contributed by atoms with van der Waals surface area (Å²) in [7, 11) is 3.52. The fourth-order valence-electron chi connectivity index (χ4n) is 0.330. The van der Waals surface area contributed by atoms with Crippen LogP contribution in [0.5, 0.6) is 0 Å². The lowest BCUT2D eigenvalue weighted by Gasteiger charge is -2.16. The topological polar surface area (TPSA) is 36.3 Å². The number of hydrogen-bond donors (Lipinski definition) is 1. The summed E-state index contributed by atoms with van der Waals surface area (Å²) in [6.07, 6.45) is 1.56. The first-order valence-electron chi connectivity index (χ1n) is 3.13. The van der Waals surface area contributed by atoms with E-state index in [4.69, 9.17) is 10.1 Å². The Bertz CT molecular complexity index is 132. The fraction of sp³-hybridized carbons (Fsp3) is 0.571. The monoisotopic (exact) mass is 142 g/mol. The van der Waals surface area contributed by atoms with Gasteiger partial charge >= 0.3 is 0 Å². The second-order valence-electron chi connectivity index (χ2n) is 2.26. The molecule has 0 spiro atoms. The summed E-state index contributed by atoms with van der Waals surface area (Å²) in [5.41, 5.74) is 0. The number of rotatable bonds is 2. The van der Waals surface area contributed by atoms with E-state index in [1.165, 1.54) is 0 Å². The summed E-state index contributed by atoms with van der Waals surface area (Å²) in [5, 5.41) is 7.23. The summed E-state index contributed by atoms with van der Waals surface area (Å²) in [6.45, 7) is 5.37. The molecule has 0 saturated carbocycles. The van der Waals surface area contributed by atoms with Gasteiger partial charge in [-0.15, -0.1) is 0 Å². The Kier molecular flexibility index (Phi) is 3.54. The van der Waals surface area contributed by atoms with Crippen molar-refractivity contribution >= 4 is 6.02 Å². The van der Waals surface area contributed by atoms with Gasteiger partial charge in [-0.05, 0) is 6.92 Å². The molecular weight excluding hydrogens is 128 g/mol. The van der Waals surface area contributed by atoms with Gasteiger partial charge in [-0.3, -0.25) is 5.41 Å². The minimum atomic E-state index is -0.0881. The highest BCUT2D eigenvalue weighted by Gasteiger charge is 2.02. The first-order chi connectivity index (χ1) is 4.57. The van der Waals surface area contributed by atoms with Crippen molar-refractivity contribution in [3.05, 3.63) is 12.7 Å². The van der Waals surface area contributed by atoms with Gasteiger partial charge in [0.1, 0.15) is 6.10 Å². The third-order valence-electron chi connectivity index (χ3n) is 1.04. The van der Waals surface area contributed by atoms with Crippen LogP contribution in [0.1, 0.15) is 6.92 Å². The Labute approximate surface area is 61.8 Å². The van der Waals surface area contributed by atoms with E-state index in [0.717, 1.165) is 0 Å². The first-order valence-corrected chi connectivity index (χ1v) is 3.13. The molecule has 0 heterocycles. The SMILES string of the molecule is C=CC(C)OC(=N)N(C)C. The number of nitrogens with one attached hydrogen (secondary N) is 1. The molecule has 0 rings (SSSR count). The normalized spacial score (nSPS) is 11.9. The number of hydrogen-bond acceptors (Lipinski definition) is 2. The predicted molar refractivity (Wildman–Crippen MR) is 42.2 cm³/mol. The Morgan fingerprint density at radius 3 is 2.50 bits per heavy atom. The summed E-state index contributed by atoms with van der Waals surface area (Å²) in [5.74, 6) is 0. The largest absolute Gasteiger partial charge is 0.458 e. The molecule has 3 heteroatoms. The Morgan fingerprint density at radius 2 is 2.20 bits per heavy atom. The molecule has 1 unspecified atom stereocenters. The molecule has 1 atom stereocenters. The highest BCUT2D eigenvalue weighted by molar-refractivity contribution is 5.69. The van der Waals surface area contributed by atoms with Crippen LogP contribution in [0, 0.1) is 5.41 Å². The van der Waals surface area contributed by atoms with Gasteiger partial charge in [0.25, 0.3) is 6.02 Å². The Morgan fingerprint density at radius 1 is 1.70 bits per heavy atom. The van der Waals surface area contributed by atoms with Crippen LogP contribution in [0.4, 0.5) is 0 Å². The van der Waals surface area contributed by atoms with Gasteiger partial charge in [0, 0.05) is 14.1 Å². The van der Waals surface area contributed by atoms with Gasteiger partial charge < -0.3 is 9.64 Å². The summed E-state index contributed by atoms with van der Waals surface area (Å²) in [4.78, 5) is 1.60. The Hall–Kier alpha value is -0.990. The van der Waals surface area contributed by atoms with Crippen LogP contribution in [0.3, 0.4) is 0 Å². The van der Waals surface area contributed by atoms with E-state index in [0.29, 0.717) is 0 Å². The molecule has 1 N–H and O–H groups in total. The fourth-order valence-corrected chi connectivity index (χ4v) is 0.330. The van der Waals surface area contributed by atoms with Crippen molar-refractivity contribution < 1.29 is 4.74 Å². The zero-order valence-electron chi connectivity index (χ0n) is 6.72. The third kappa shape index (κ3) is 3.12. The minimum Gasteiger partial charge on any atom is -0.458 e. The van der Waals surface area contributed by atoms with E-state index in [1.807, 2.05) is 6.92 Å². The van der Waals surface area contributed by atoms with E-state index < -0.39 is 0 Å². The molecule has 10 heavy (non-hydrogen) atoms. The van der Waals surface area contributed by atoms with Crippen molar-refractivity contribution in [3.63, 3.8) is 0 Å². The van der Waals surface area contributed by atoms with E-state index in [2.05, 4.69) is 6.58 Å². The average Bonchev–Trinajstić information content (AvgIpc) is 1.87. The van der Waals surface area contributed by atoms with Gasteiger partial charge in [0.05, 0.1) is 0 Å². The van der Waals surface area contributed by atoms with E-state index in [9.17, 15) is 0 Å². The van der Waals surface area contributed by atoms with Crippen molar-refractivity contribution in [3.8, 4) is 0 Å². The maximum atomic E-state index is 7.23. The van der Waals surface area contributed by atoms with Crippen LogP contribution in [0.2, 0.25) is 0 Å². The zero-order chi connectivity index (χ0) is 8.15.